The van der Waals surface area contributed by atoms with Gasteiger partial charge in [-0.15, -0.1) is 0 Å². The lowest BCUT2D eigenvalue weighted by Crippen LogP contribution is -2.43. The molecule has 2 heterocycles. The third-order valence-electron chi connectivity index (χ3n) is 3.12. The Morgan fingerprint density at radius 2 is 2.18 bits per heavy atom. The average molecular weight is 235 g/mol. The van der Waals surface area contributed by atoms with Gasteiger partial charge >= 0.3 is 0 Å². The molecule has 0 atom stereocenters. The summed E-state index contributed by atoms with van der Waals surface area (Å²) in [6.45, 7) is 5.91. The van der Waals surface area contributed by atoms with Crippen LogP contribution < -0.4 is 0 Å². The predicted molar refractivity (Wildman–Crippen MR) is 62.6 cm³/mol. The van der Waals surface area contributed by atoms with E-state index in [1.165, 1.54) is 0 Å². The lowest BCUT2D eigenvalue weighted by atomic mass is 10.0. The number of amides is 1. The number of hydrogen-bond donors (Lipinski definition) is 0. The summed E-state index contributed by atoms with van der Waals surface area (Å²) < 4.78 is 5.38. The van der Waals surface area contributed by atoms with Crippen molar-refractivity contribution in [1.29, 1.82) is 0 Å². The molecule has 0 aromatic carbocycles. The third kappa shape index (κ3) is 2.40. The molecule has 0 N–H and O–H groups in total. The van der Waals surface area contributed by atoms with Crippen LogP contribution in [-0.4, -0.2) is 28.7 Å². The molecule has 0 radical (unpaired) electrons. The molecular weight excluding hydrogens is 218 g/mol. The van der Waals surface area contributed by atoms with E-state index in [1.807, 2.05) is 26.8 Å². The first-order valence-corrected chi connectivity index (χ1v) is 5.76. The van der Waals surface area contributed by atoms with Crippen molar-refractivity contribution < 1.29 is 14.0 Å². The Labute approximate surface area is 101 Å². The zero-order chi connectivity index (χ0) is 12.6. The SMILES string of the molecule is Cc1ccc(CC(=O)N2CC(=O)CC2(C)C)o1. The summed E-state index contributed by atoms with van der Waals surface area (Å²) in [6, 6.07) is 3.64. The largest absolute Gasteiger partial charge is 0.466 e. The highest BCUT2D eigenvalue weighted by Gasteiger charge is 2.40. The molecule has 4 nitrogen and oxygen atoms in total. The molecule has 0 spiro atoms. The molecule has 1 aliphatic heterocycles. The van der Waals surface area contributed by atoms with E-state index >= 15 is 0 Å². The number of Topliss-reactive ketones (excluding diaryl/α,β-unsaturated/α-hetero) is 1. The minimum Gasteiger partial charge on any atom is -0.466 e. The van der Waals surface area contributed by atoms with Gasteiger partial charge in [0, 0.05) is 12.0 Å². The van der Waals surface area contributed by atoms with E-state index in [2.05, 4.69) is 0 Å². The summed E-state index contributed by atoms with van der Waals surface area (Å²) in [4.78, 5) is 25.2. The first kappa shape index (κ1) is 11.9. The van der Waals surface area contributed by atoms with Gasteiger partial charge in [0.25, 0.3) is 0 Å². The molecule has 4 heteroatoms. The molecule has 0 saturated carbocycles. The Morgan fingerprint density at radius 3 is 2.65 bits per heavy atom. The maximum absolute atomic E-state index is 12.1. The van der Waals surface area contributed by atoms with Gasteiger partial charge in [0.1, 0.15) is 11.5 Å². The zero-order valence-corrected chi connectivity index (χ0v) is 10.4. The van der Waals surface area contributed by atoms with Crippen molar-refractivity contribution in [1.82, 2.24) is 4.90 Å². The summed E-state index contributed by atoms with van der Waals surface area (Å²) in [5.41, 5.74) is -0.365. The first-order valence-electron chi connectivity index (χ1n) is 5.76. The normalized spacial score (nSPS) is 18.8. The van der Waals surface area contributed by atoms with E-state index in [0.717, 1.165) is 5.76 Å². The van der Waals surface area contributed by atoms with Gasteiger partial charge in [-0.1, -0.05) is 0 Å². The Kier molecular flexibility index (Phi) is 2.81. The number of ketones is 1. The van der Waals surface area contributed by atoms with Gasteiger partial charge < -0.3 is 9.32 Å². The molecule has 1 fully saturated rings. The fourth-order valence-corrected chi connectivity index (χ4v) is 2.27. The van der Waals surface area contributed by atoms with E-state index in [-0.39, 0.29) is 30.2 Å². The second kappa shape index (κ2) is 4.02. The van der Waals surface area contributed by atoms with Crippen molar-refractivity contribution in [3.63, 3.8) is 0 Å². The number of likely N-dealkylation sites (tertiary alicyclic amines) is 1. The van der Waals surface area contributed by atoms with Crippen molar-refractivity contribution in [2.75, 3.05) is 6.54 Å². The van der Waals surface area contributed by atoms with Gasteiger partial charge in [0.2, 0.25) is 5.91 Å². The van der Waals surface area contributed by atoms with Crippen LogP contribution in [0.2, 0.25) is 0 Å². The predicted octanol–water partition coefficient (Wildman–Crippen LogP) is 1.71. The quantitative estimate of drug-likeness (QED) is 0.784. The third-order valence-corrected chi connectivity index (χ3v) is 3.12. The van der Waals surface area contributed by atoms with Gasteiger partial charge in [0.05, 0.1) is 13.0 Å². The Bertz CT molecular complexity index is 459. The smallest absolute Gasteiger partial charge is 0.231 e. The Morgan fingerprint density at radius 1 is 1.47 bits per heavy atom. The van der Waals surface area contributed by atoms with Gasteiger partial charge in [-0.25, -0.2) is 0 Å². The highest BCUT2D eigenvalue weighted by atomic mass is 16.3. The highest BCUT2D eigenvalue weighted by Crippen LogP contribution is 2.26. The van der Waals surface area contributed by atoms with Crippen molar-refractivity contribution in [3.05, 3.63) is 23.7 Å². The molecule has 0 unspecified atom stereocenters. The van der Waals surface area contributed by atoms with Crippen LogP contribution in [-0.2, 0) is 16.0 Å². The zero-order valence-electron chi connectivity index (χ0n) is 10.4. The van der Waals surface area contributed by atoms with Gasteiger partial charge in [-0.2, -0.15) is 0 Å². The van der Waals surface area contributed by atoms with Crippen molar-refractivity contribution >= 4 is 11.7 Å². The molecule has 1 aromatic heterocycles. The van der Waals surface area contributed by atoms with Gasteiger partial charge in [-0.05, 0) is 32.9 Å². The topological polar surface area (TPSA) is 50.5 Å². The molecule has 2 rings (SSSR count). The Balaban J connectivity index is 2.08. The minimum atomic E-state index is -0.365. The van der Waals surface area contributed by atoms with E-state index in [1.54, 1.807) is 11.0 Å². The molecular formula is C13H17NO3. The lowest BCUT2D eigenvalue weighted by Gasteiger charge is -2.30. The molecule has 0 aliphatic carbocycles. The second-order valence-corrected chi connectivity index (χ2v) is 5.20. The molecule has 17 heavy (non-hydrogen) atoms. The summed E-state index contributed by atoms with van der Waals surface area (Å²) >= 11 is 0. The number of rotatable bonds is 2. The molecule has 1 aliphatic rings. The molecule has 1 saturated heterocycles. The van der Waals surface area contributed by atoms with Crippen LogP contribution in [0.5, 0.6) is 0 Å². The molecule has 92 valence electrons. The fraction of sp³-hybridized carbons (Fsp3) is 0.538. The minimum absolute atomic E-state index is 0.0461. The Hall–Kier alpha value is -1.58. The van der Waals surface area contributed by atoms with Crippen LogP contribution in [0.1, 0.15) is 31.8 Å². The first-order chi connectivity index (χ1) is 7.88. The summed E-state index contributed by atoms with van der Waals surface area (Å²) in [6.07, 6.45) is 0.667. The van der Waals surface area contributed by atoms with Crippen LogP contribution in [0.3, 0.4) is 0 Å². The van der Waals surface area contributed by atoms with Crippen LogP contribution in [0.4, 0.5) is 0 Å². The van der Waals surface area contributed by atoms with Crippen molar-refractivity contribution in [2.45, 2.75) is 39.2 Å². The maximum Gasteiger partial charge on any atom is 0.231 e. The number of aryl methyl sites for hydroxylation is 1. The summed E-state index contributed by atoms with van der Waals surface area (Å²) in [7, 11) is 0. The number of hydrogen-bond acceptors (Lipinski definition) is 3. The van der Waals surface area contributed by atoms with Crippen LogP contribution in [0.25, 0.3) is 0 Å². The van der Waals surface area contributed by atoms with Crippen LogP contribution >= 0.6 is 0 Å². The van der Waals surface area contributed by atoms with Crippen LogP contribution in [0.15, 0.2) is 16.5 Å². The second-order valence-electron chi connectivity index (χ2n) is 5.20. The number of carbonyl (C=O) groups excluding carboxylic acids is 2. The highest BCUT2D eigenvalue weighted by molar-refractivity contribution is 5.91. The van der Waals surface area contributed by atoms with Gasteiger partial charge in [0.15, 0.2) is 5.78 Å². The van der Waals surface area contributed by atoms with Gasteiger partial charge in [-0.3, -0.25) is 9.59 Å². The standard InChI is InChI=1S/C13H17NO3/c1-9-4-5-11(17-9)6-12(16)14-8-10(15)7-13(14,2)3/h4-5H,6-8H2,1-3H3. The lowest BCUT2D eigenvalue weighted by molar-refractivity contribution is -0.134. The number of nitrogens with zero attached hydrogens (tertiary/aromatic N) is 1. The van der Waals surface area contributed by atoms with E-state index < -0.39 is 0 Å². The van der Waals surface area contributed by atoms with Crippen molar-refractivity contribution in [2.24, 2.45) is 0 Å². The summed E-state index contributed by atoms with van der Waals surface area (Å²) in [5.74, 6) is 1.53. The monoisotopic (exact) mass is 235 g/mol. The van der Waals surface area contributed by atoms with E-state index in [9.17, 15) is 9.59 Å². The fourth-order valence-electron chi connectivity index (χ4n) is 2.27. The average Bonchev–Trinajstić information content (AvgIpc) is 2.69. The molecule has 0 bridgehead atoms. The molecule has 1 aromatic rings. The number of carbonyl (C=O) groups is 2. The van der Waals surface area contributed by atoms with Crippen molar-refractivity contribution in [3.8, 4) is 0 Å². The van der Waals surface area contributed by atoms with Crippen LogP contribution in [0, 0.1) is 6.92 Å². The number of furan rings is 1. The van der Waals surface area contributed by atoms with E-state index in [0.29, 0.717) is 12.2 Å². The van der Waals surface area contributed by atoms with E-state index in [4.69, 9.17) is 4.42 Å². The molecule has 1 amide bonds. The summed E-state index contributed by atoms with van der Waals surface area (Å²) in [5, 5.41) is 0. The maximum atomic E-state index is 12.1.